The number of aromatic nitrogens is 2. The molecule has 0 bridgehead atoms. The summed E-state index contributed by atoms with van der Waals surface area (Å²) in [5.74, 6) is 0.0182. The molecule has 3 aromatic rings. The normalized spacial score (nSPS) is 12.0. The summed E-state index contributed by atoms with van der Waals surface area (Å²) < 4.78 is 27.0. The first-order chi connectivity index (χ1) is 14.0. The standard InChI is InChI=1S/C21H27N3O3S2/c1-2-29(26,27)21-22-15-19(24(21)11-10-18-7-4-3-5-8-18)16-23(12-13-25)17-20-9-6-14-28-20/h3-9,14-15,25H,2,10-13,16-17H2,1H3. The van der Waals surface area contributed by atoms with Crippen LogP contribution in [0.3, 0.4) is 0 Å². The second kappa shape index (κ2) is 10.2. The second-order valence-electron chi connectivity index (χ2n) is 6.84. The van der Waals surface area contributed by atoms with E-state index in [4.69, 9.17) is 0 Å². The first-order valence-corrected chi connectivity index (χ1v) is 12.2. The zero-order valence-electron chi connectivity index (χ0n) is 16.6. The summed E-state index contributed by atoms with van der Waals surface area (Å²) in [6.07, 6.45) is 2.38. The average Bonchev–Trinajstić information content (AvgIpc) is 3.37. The molecule has 156 valence electrons. The number of aliphatic hydroxyl groups excluding tert-OH is 1. The third kappa shape index (κ3) is 5.76. The Hall–Kier alpha value is -2.00. The number of nitrogens with zero attached hydrogens (tertiary/aromatic N) is 3. The van der Waals surface area contributed by atoms with Gasteiger partial charge in [-0.15, -0.1) is 11.3 Å². The summed E-state index contributed by atoms with van der Waals surface area (Å²) in [4.78, 5) is 7.59. The van der Waals surface area contributed by atoms with Crippen LogP contribution in [0, 0.1) is 0 Å². The van der Waals surface area contributed by atoms with Crippen LogP contribution in [0.25, 0.3) is 0 Å². The molecule has 3 rings (SSSR count). The van der Waals surface area contributed by atoms with Crippen LogP contribution in [-0.2, 0) is 35.9 Å². The first kappa shape index (κ1) is 21.7. The summed E-state index contributed by atoms with van der Waals surface area (Å²) in [6.45, 7) is 3.97. The van der Waals surface area contributed by atoms with Crippen molar-refractivity contribution in [1.29, 1.82) is 0 Å². The average molecular weight is 434 g/mol. The summed E-state index contributed by atoms with van der Waals surface area (Å²) in [6, 6.07) is 14.1. The van der Waals surface area contributed by atoms with E-state index in [9.17, 15) is 13.5 Å². The lowest BCUT2D eigenvalue weighted by Crippen LogP contribution is -2.27. The molecule has 0 spiro atoms. The van der Waals surface area contributed by atoms with Crippen molar-refractivity contribution in [3.8, 4) is 0 Å². The third-order valence-electron chi connectivity index (χ3n) is 4.79. The van der Waals surface area contributed by atoms with Crippen molar-refractivity contribution in [3.05, 3.63) is 70.2 Å². The SMILES string of the molecule is CCS(=O)(=O)c1ncc(CN(CCO)Cc2cccs2)n1CCc1ccccc1. The lowest BCUT2D eigenvalue weighted by molar-refractivity contribution is 0.182. The smallest absolute Gasteiger partial charge is 0.227 e. The van der Waals surface area contributed by atoms with Gasteiger partial charge in [0, 0.05) is 31.1 Å². The van der Waals surface area contributed by atoms with Crippen LogP contribution in [-0.4, -0.2) is 46.9 Å². The first-order valence-electron chi connectivity index (χ1n) is 9.70. The predicted molar refractivity (Wildman–Crippen MR) is 116 cm³/mol. The molecule has 0 aliphatic rings. The van der Waals surface area contributed by atoms with Crippen molar-refractivity contribution in [1.82, 2.24) is 14.5 Å². The highest BCUT2D eigenvalue weighted by Crippen LogP contribution is 2.19. The number of hydrogen-bond acceptors (Lipinski definition) is 6. The molecule has 0 fully saturated rings. The van der Waals surface area contributed by atoms with Crippen molar-refractivity contribution < 1.29 is 13.5 Å². The Morgan fingerprint density at radius 2 is 1.93 bits per heavy atom. The van der Waals surface area contributed by atoms with Gasteiger partial charge in [0.15, 0.2) is 0 Å². The van der Waals surface area contributed by atoms with E-state index in [0.29, 0.717) is 26.2 Å². The van der Waals surface area contributed by atoms with Crippen molar-refractivity contribution in [2.45, 2.75) is 38.1 Å². The lowest BCUT2D eigenvalue weighted by Gasteiger charge is -2.22. The third-order valence-corrected chi connectivity index (χ3v) is 7.29. The van der Waals surface area contributed by atoms with E-state index in [2.05, 4.69) is 16.0 Å². The Balaban J connectivity index is 1.86. The molecule has 0 saturated heterocycles. The van der Waals surface area contributed by atoms with Gasteiger partial charge in [-0.3, -0.25) is 4.90 Å². The minimum absolute atomic E-state index is 0.0182. The topological polar surface area (TPSA) is 75.4 Å². The Bertz CT molecular complexity index is 984. The molecule has 0 atom stereocenters. The molecule has 0 aliphatic heterocycles. The highest BCUT2D eigenvalue weighted by atomic mass is 32.2. The molecule has 0 aliphatic carbocycles. The Kier molecular flexibility index (Phi) is 7.60. The van der Waals surface area contributed by atoms with Gasteiger partial charge in [0.2, 0.25) is 15.0 Å². The highest BCUT2D eigenvalue weighted by Gasteiger charge is 2.22. The number of hydrogen-bond donors (Lipinski definition) is 1. The van der Waals surface area contributed by atoms with Gasteiger partial charge in [0.1, 0.15) is 0 Å². The Labute approximate surface area is 176 Å². The molecule has 1 aromatic carbocycles. The van der Waals surface area contributed by atoms with E-state index in [0.717, 1.165) is 17.7 Å². The van der Waals surface area contributed by atoms with E-state index in [1.807, 2.05) is 46.3 Å². The molecule has 29 heavy (non-hydrogen) atoms. The second-order valence-corrected chi connectivity index (χ2v) is 10.0. The summed E-state index contributed by atoms with van der Waals surface area (Å²) in [7, 11) is -3.42. The van der Waals surface area contributed by atoms with Crippen LogP contribution in [0.4, 0.5) is 0 Å². The Morgan fingerprint density at radius 3 is 2.59 bits per heavy atom. The molecule has 1 N–H and O–H groups in total. The largest absolute Gasteiger partial charge is 0.395 e. The van der Waals surface area contributed by atoms with Crippen molar-refractivity contribution in [2.24, 2.45) is 0 Å². The van der Waals surface area contributed by atoms with Crippen LogP contribution in [0.15, 0.2) is 59.2 Å². The number of rotatable bonds is 11. The fourth-order valence-corrected chi connectivity index (χ4v) is 4.99. The number of benzene rings is 1. The van der Waals surface area contributed by atoms with Gasteiger partial charge in [-0.25, -0.2) is 13.4 Å². The van der Waals surface area contributed by atoms with Crippen molar-refractivity contribution >= 4 is 21.2 Å². The zero-order valence-corrected chi connectivity index (χ0v) is 18.2. The Morgan fingerprint density at radius 1 is 1.14 bits per heavy atom. The molecular formula is C21H27N3O3S2. The maximum Gasteiger partial charge on any atom is 0.227 e. The number of aliphatic hydroxyl groups is 1. The van der Waals surface area contributed by atoms with Crippen LogP contribution in [0.1, 0.15) is 23.1 Å². The summed E-state index contributed by atoms with van der Waals surface area (Å²) in [5, 5.41) is 11.6. The van der Waals surface area contributed by atoms with Gasteiger partial charge in [-0.05, 0) is 23.4 Å². The van der Waals surface area contributed by atoms with Crippen LogP contribution >= 0.6 is 11.3 Å². The van der Waals surface area contributed by atoms with Crippen LogP contribution in [0.2, 0.25) is 0 Å². The van der Waals surface area contributed by atoms with E-state index in [1.54, 1.807) is 24.5 Å². The number of aryl methyl sites for hydroxylation is 1. The van der Waals surface area contributed by atoms with Gasteiger partial charge < -0.3 is 9.67 Å². The molecule has 0 saturated carbocycles. The number of sulfone groups is 1. The van der Waals surface area contributed by atoms with Gasteiger partial charge >= 0.3 is 0 Å². The fraction of sp³-hybridized carbons (Fsp3) is 0.381. The van der Waals surface area contributed by atoms with Gasteiger partial charge in [-0.1, -0.05) is 43.3 Å². The highest BCUT2D eigenvalue weighted by molar-refractivity contribution is 7.91. The molecule has 0 radical (unpaired) electrons. The van der Waals surface area contributed by atoms with E-state index in [-0.39, 0.29) is 17.5 Å². The maximum absolute atomic E-state index is 12.6. The van der Waals surface area contributed by atoms with E-state index < -0.39 is 9.84 Å². The van der Waals surface area contributed by atoms with Crippen LogP contribution < -0.4 is 0 Å². The molecule has 0 unspecified atom stereocenters. The number of thiophene rings is 1. The van der Waals surface area contributed by atoms with Gasteiger partial charge in [0.05, 0.1) is 24.3 Å². The maximum atomic E-state index is 12.6. The van der Waals surface area contributed by atoms with E-state index >= 15 is 0 Å². The quantitative estimate of drug-likeness (QED) is 0.503. The number of imidazole rings is 1. The minimum Gasteiger partial charge on any atom is -0.395 e. The monoisotopic (exact) mass is 433 g/mol. The molecule has 0 amide bonds. The lowest BCUT2D eigenvalue weighted by atomic mass is 10.1. The summed E-state index contributed by atoms with van der Waals surface area (Å²) >= 11 is 1.67. The van der Waals surface area contributed by atoms with Crippen molar-refractivity contribution in [2.75, 3.05) is 18.9 Å². The zero-order chi connectivity index (χ0) is 20.7. The fourth-order valence-electron chi connectivity index (χ4n) is 3.23. The molecular weight excluding hydrogens is 406 g/mol. The van der Waals surface area contributed by atoms with Crippen LogP contribution in [0.5, 0.6) is 0 Å². The molecule has 8 heteroatoms. The van der Waals surface area contributed by atoms with Gasteiger partial charge in [-0.2, -0.15) is 0 Å². The van der Waals surface area contributed by atoms with Gasteiger partial charge in [0.25, 0.3) is 0 Å². The predicted octanol–water partition coefficient (Wildman–Crippen LogP) is 2.98. The van der Waals surface area contributed by atoms with E-state index in [1.165, 1.54) is 4.88 Å². The summed E-state index contributed by atoms with van der Waals surface area (Å²) in [5.41, 5.74) is 2.00. The molecule has 2 aromatic heterocycles. The molecule has 6 nitrogen and oxygen atoms in total. The van der Waals surface area contributed by atoms with Crippen molar-refractivity contribution in [3.63, 3.8) is 0 Å². The minimum atomic E-state index is -3.42. The molecule has 2 heterocycles.